The highest BCUT2D eigenvalue weighted by atomic mass is 35.5. The van der Waals surface area contributed by atoms with E-state index in [0.717, 1.165) is 5.56 Å². The molecule has 192 valence electrons. The Kier molecular flexibility index (Phi) is 8.03. The lowest BCUT2D eigenvalue weighted by Gasteiger charge is -2.23. The Morgan fingerprint density at radius 3 is 1.03 bits per heavy atom. The average Bonchev–Trinajstić information content (AvgIpc) is 2.80. The summed E-state index contributed by atoms with van der Waals surface area (Å²) in [6.45, 7) is 6.82. The minimum atomic E-state index is -0.172. The van der Waals surface area contributed by atoms with Crippen LogP contribution < -0.4 is 0 Å². The van der Waals surface area contributed by atoms with Crippen molar-refractivity contribution in [2.45, 2.75) is 65.8 Å². The third-order valence-electron chi connectivity index (χ3n) is 6.14. The summed E-state index contributed by atoms with van der Waals surface area (Å²) in [6, 6.07) is 10.4. The van der Waals surface area contributed by atoms with Gasteiger partial charge in [-0.25, -0.2) is 0 Å². The average molecular weight is 533 g/mol. The fourth-order valence-electron chi connectivity index (χ4n) is 4.10. The topological polar surface area (TPSA) is 88.4 Å². The van der Waals surface area contributed by atoms with E-state index in [1.807, 2.05) is 12.1 Å². The van der Waals surface area contributed by atoms with Gasteiger partial charge in [0, 0.05) is 43.4 Å². The van der Waals surface area contributed by atoms with Crippen molar-refractivity contribution in [3.05, 3.63) is 85.4 Å². The third kappa shape index (κ3) is 6.07. The summed E-state index contributed by atoms with van der Waals surface area (Å²) in [4.78, 5) is 0. The predicted octanol–water partition coefficient (Wildman–Crippen LogP) is 6.87. The molecule has 0 saturated carbocycles. The quantitative estimate of drug-likeness (QED) is 0.292. The second-order valence-electron chi connectivity index (χ2n) is 10.0. The Hall–Kier alpha value is -2.48. The molecule has 0 saturated heterocycles. The summed E-state index contributed by atoms with van der Waals surface area (Å²) in [5, 5.41) is 33.4. The zero-order chi connectivity index (χ0) is 26.0. The lowest BCUT2D eigenvalue weighted by Crippen LogP contribution is -2.13. The van der Waals surface area contributed by atoms with Crippen molar-refractivity contribution in [1.82, 2.24) is 0 Å². The van der Waals surface area contributed by atoms with E-state index in [-0.39, 0.29) is 62.3 Å². The maximum atomic E-state index is 11.0. The van der Waals surface area contributed by atoms with Gasteiger partial charge < -0.3 is 29.5 Å². The van der Waals surface area contributed by atoms with Crippen LogP contribution in [-0.2, 0) is 59.3 Å². The highest BCUT2D eigenvalue weighted by Crippen LogP contribution is 2.35. The molecule has 6 bridgehead atoms. The number of phenolic OH excluding ortho intramolecular Hbond substituents is 3. The van der Waals surface area contributed by atoms with Crippen molar-refractivity contribution >= 4 is 23.2 Å². The van der Waals surface area contributed by atoms with E-state index in [4.69, 9.17) is 37.4 Å². The molecule has 0 aliphatic carbocycles. The van der Waals surface area contributed by atoms with Crippen LogP contribution in [0.5, 0.6) is 17.2 Å². The molecule has 1 aliphatic heterocycles. The molecule has 3 aromatic rings. The van der Waals surface area contributed by atoms with E-state index in [1.165, 1.54) is 0 Å². The molecule has 0 spiro atoms. The minimum Gasteiger partial charge on any atom is -0.507 e. The second kappa shape index (κ2) is 10.9. The predicted molar refractivity (Wildman–Crippen MR) is 139 cm³/mol. The van der Waals surface area contributed by atoms with Crippen LogP contribution in [0, 0.1) is 0 Å². The normalized spacial score (nSPS) is 15.2. The lowest BCUT2D eigenvalue weighted by molar-refractivity contribution is 0.0930. The fourth-order valence-corrected chi connectivity index (χ4v) is 4.63. The molecule has 3 aromatic carbocycles. The van der Waals surface area contributed by atoms with Gasteiger partial charge in [0.1, 0.15) is 17.2 Å². The van der Waals surface area contributed by atoms with Gasteiger partial charge in [-0.05, 0) is 47.4 Å². The number of halogens is 2. The van der Waals surface area contributed by atoms with Gasteiger partial charge in [0.2, 0.25) is 0 Å². The molecule has 3 N–H and O–H groups in total. The molecule has 0 radical (unpaired) electrons. The third-order valence-corrected chi connectivity index (χ3v) is 6.58. The van der Waals surface area contributed by atoms with Gasteiger partial charge in [-0.3, -0.25) is 0 Å². The van der Waals surface area contributed by atoms with Crippen LogP contribution in [0.3, 0.4) is 0 Å². The number of benzene rings is 3. The number of fused-ring (bicyclic) bond motifs is 6. The molecule has 8 heteroatoms. The number of rotatable bonds is 0. The van der Waals surface area contributed by atoms with E-state index in [0.29, 0.717) is 43.4 Å². The van der Waals surface area contributed by atoms with E-state index >= 15 is 0 Å². The maximum Gasteiger partial charge on any atom is 0.126 e. The van der Waals surface area contributed by atoms with Gasteiger partial charge in [0.15, 0.2) is 0 Å². The number of hydrogen-bond donors (Lipinski definition) is 3. The number of aromatic hydroxyl groups is 3. The van der Waals surface area contributed by atoms with Gasteiger partial charge in [0.25, 0.3) is 0 Å². The first-order valence-corrected chi connectivity index (χ1v) is 12.4. The van der Waals surface area contributed by atoms with Gasteiger partial charge in [0.05, 0.1) is 39.6 Å². The Bertz CT molecular complexity index is 1180. The molecule has 6 nitrogen and oxygen atoms in total. The van der Waals surface area contributed by atoms with Crippen molar-refractivity contribution in [3.8, 4) is 17.2 Å². The van der Waals surface area contributed by atoms with Crippen LogP contribution >= 0.6 is 23.2 Å². The molecule has 0 atom stereocenters. The van der Waals surface area contributed by atoms with Crippen LogP contribution in [0.1, 0.15) is 59.7 Å². The highest BCUT2D eigenvalue weighted by Gasteiger charge is 2.20. The van der Waals surface area contributed by atoms with Gasteiger partial charge in [-0.15, -0.1) is 0 Å². The molecule has 0 aromatic heterocycles. The monoisotopic (exact) mass is 532 g/mol. The Morgan fingerprint density at radius 2 is 0.778 bits per heavy atom. The smallest absolute Gasteiger partial charge is 0.126 e. The molecule has 36 heavy (non-hydrogen) atoms. The lowest BCUT2D eigenvalue weighted by atomic mass is 9.85. The van der Waals surface area contributed by atoms with Gasteiger partial charge in [-0.1, -0.05) is 44.0 Å². The van der Waals surface area contributed by atoms with Crippen molar-refractivity contribution in [1.29, 1.82) is 0 Å². The van der Waals surface area contributed by atoms with Crippen LogP contribution in [0.4, 0.5) is 0 Å². The largest absolute Gasteiger partial charge is 0.507 e. The van der Waals surface area contributed by atoms with Gasteiger partial charge in [-0.2, -0.15) is 0 Å². The summed E-state index contributed by atoms with van der Waals surface area (Å²) < 4.78 is 17.6. The maximum absolute atomic E-state index is 11.0. The van der Waals surface area contributed by atoms with Crippen molar-refractivity contribution in [2.24, 2.45) is 0 Å². The number of phenols is 3. The van der Waals surface area contributed by atoms with E-state index < -0.39 is 0 Å². The second-order valence-corrected chi connectivity index (χ2v) is 10.9. The number of ether oxygens (including phenoxy) is 3. The van der Waals surface area contributed by atoms with Crippen LogP contribution in [0.2, 0.25) is 10.0 Å². The van der Waals surface area contributed by atoms with Crippen LogP contribution in [0.25, 0.3) is 0 Å². The SMILES string of the molecule is CC(C)(C)c1cc2c(O)c(c1)COCc1cc(Cl)cc(c1O)COCc1cc(Cl)cc(c1O)COC2. The van der Waals surface area contributed by atoms with Crippen molar-refractivity contribution in [3.63, 3.8) is 0 Å². The molecule has 0 fully saturated rings. The first kappa shape index (κ1) is 26.6. The van der Waals surface area contributed by atoms with E-state index in [2.05, 4.69) is 20.8 Å². The zero-order valence-electron chi connectivity index (χ0n) is 20.5. The summed E-state index contributed by atoms with van der Waals surface area (Å²) in [5.74, 6) is 0.140. The molecule has 1 aliphatic rings. The van der Waals surface area contributed by atoms with Crippen LogP contribution in [-0.4, -0.2) is 15.3 Å². The molecule has 0 amide bonds. The van der Waals surface area contributed by atoms with Gasteiger partial charge >= 0.3 is 0 Å². The standard InChI is InChI=1S/C28H30Cl2O6/c1-28(2,3)22-4-16-10-34-12-18-6-23(29)8-20(26(18)32)14-36-15-21-9-24(30)7-19(27(21)33)13-35-11-17(5-22)25(16)31/h4-9,31-33H,10-15H2,1-3H3. The summed E-state index contributed by atoms with van der Waals surface area (Å²) in [5.41, 5.74) is 4.06. The molecule has 1 heterocycles. The Morgan fingerprint density at radius 1 is 0.528 bits per heavy atom. The Balaban J connectivity index is 1.75. The molecular formula is C28H30Cl2O6. The summed E-state index contributed by atoms with van der Waals surface area (Å²) in [7, 11) is 0. The highest BCUT2D eigenvalue weighted by molar-refractivity contribution is 6.31. The molecular weight excluding hydrogens is 503 g/mol. The first-order chi connectivity index (χ1) is 17.0. The first-order valence-electron chi connectivity index (χ1n) is 11.6. The van der Waals surface area contributed by atoms with Crippen LogP contribution in [0.15, 0.2) is 36.4 Å². The fraction of sp³-hybridized carbons (Fsp3) is 0.357. The minimum absolute atomic E-state index is 0.0262. The zero-order valence-corrected chi connectivity index (χ0v) is 22.0. The number of hydrogen-bond acceptors (Lipinski definition) is 6. The molecule has 4 rings (SSSR count). The summed E-state index contributed by atoms with van der Waals surface area (Å²) in [6.07, 6.45) is 0. The van der Waals surface area contributed by atoms with Crippen molar-refractivity contribution in [2.75, 3.05) is 0 Å². The molecule has 0 unspecified atom stereocenters. The van der Waals surface area contributed by atoms with E-state index in [9.17, 15) is 15.3 Å². The van der Waals surface area contributed by atoms with Crippen molar-refractivity contribution < 1.29 is 29.5 Å². The summed E-state index contributed by atoms with van der Waals surface area (Å²) >= 11 is 12.6. The van der Waals surface area contributed by atoms with E-state index in [1.54, 1.807) is 24.3 Å². The Labute approximate surface area is 221 Å².